The van der Waals surface area contributed by atoms with E-state index >= 15 is 0 Å². The first kappa shape index (κ1) is 17.8. The van der Waals surface area contributed by atoms with Crippen LogP contribution in [0.15, 0.2) is 57.7 Å². The fourth-order valence-electron chi connectivity index (χ4n) is 2.57. The maximum Gasteiger partial charge on any atom is 0.273 e. The smallest absolute Gasteiger partial charge is 0.273 e. The SMILES string of the molecule is COc1ccc(-c2cc(C(=O)NC[C@H](c3ccco3)N(C)C)no2)cc1. The van der Waals surface area contributed by atoms with E-state index in [1.807, 2.05) is 55.4 Å². The third kappa shape index (κ3) is 3.94. The van der Waals surface area contributed by atoms with E-state index < -0.39 is 0 Å². The molecule has 136 valence electrons. The lowest BCUT2D eigenvalue weighted by Crippen LogP contribution is -2.34. The van der Waals surface area contributed by atoms with Crippen molar-refractivity contribution in [1.82, 2.24) is 15.4 Å². The summed E-state index contributed by atoms with van der Waals surface area (Å²) < 4.78 is 15.9. The summed E-state index contributed by atoms with van der Waals surface area (Å²) in [6, 6.07) is 12.6. The van der Waals surface area contributed by atoms with Gasteiger partial charge in [0.05, 0.1) is 19.4 Å². The fourth-order valence-corrected chi connectivity index (χ4v) is 2.57. The van der Waals surface area contributed by atoms with Gasteiger partial charge in [-0.3, -0.25) is 9.69 Å². The molecule has 26 heavy (non-hydrogen) atoms. The summed E-state index contributed by atoms with van der Waals surface area (Å²) in [7, 11) is 5.46. The van der Waals surface area contributed by atoms with Crippen molar-refractivity contribution in [3.8, 4) is 17.1 Å². The Morgan fingerprint density at radius 2 is 2.04 bits per heavy atom. The largest absolute Gasteiger partial charge is 0.497 e. The van der Waals surface area contributed by atoms with Gasteiger partial charge in [0.25, 0.3) is 5.91 Å². The molecule has 0 saturated heterocycles. The lowest BCUT2D eigenvalue weighted by molar-refractivity contribution is 0.0930. The van der Waals surface area contributed by atoms with Gasteiger partial charge >= 0.3 is 0 Å². The molecule has 0 saturated carbocycles. The first-order valence-electron chi connectivity index (χ1n) is 8.17. The zero-order valence-electron chi connectivity index (χ0n) is 14.9. The molecule has 1 N–H and O–H groups in total. The van der Waals surface area contributed by atoms with Gasteiger partial charge in [-0.05, 0) is 50.5 Å². The number of ether oxygens (including phenoxy) is 1. The first-order chi connectivity index (χ1) is 12.6. The molecule has 2 aromatic heterocycles. The number of nitrogens with zero attached hydrogens (tertiary/aromatic N) is 2. The van der Waals surface area contributed by atoms with Crippen LogP contribution in [-0.4, -0.2) is 43.7 Å². The number of hydrogen-bond acceptors (Lipinski definition) is 6. The number of furan rings is 1. The van der Waals surface area contributed by atoms with Crippen LogP contribution in [0.25, 0.3) is 11.3 Å². The zero-order valence-corrected chi connectivity index (χ0v) is 14.9. The minimum atomic E-state index is -0.299. The van der Waals surface area contributed by atoms with Crippen LogP contribution in [0, 0.1) is 0 Å². The zero-order chi connectivity index (χ0) is 18.5. The molecular formula is C19H21N3O4. The van der Waals surface area contributed by atoms with Gasteiger partial charge in [0.2, 0.25) is 0 Å². The van der Waals surface area contributed by atoms with Crippen LogP contribution in [-0.2, 0) is 0 Å². The fraction of sp³-hybridized carbons (Fsp3) is 0.263. The monoisotopic (exact) mass is 355 g/mol. The van der Waals surface area contributed by atoms with Crippen molar-refractivity contribution in [2.45, 2.75) is 6.04 Å². The van der Waals surface area contributed by atoms with Gasteiger partial charge in [0.15, 0.2) is 11.5 Å². The molecule has 0 bridgehead atoms. The van der Waals surface area contributed by atoms with Crippen molar-refractivity contribution in [2.75, 3.05) is 27.7 Å². The molecule has 7 nitrogen and oxygen atoms in total. The van der Waals surface area contributed by atoms with Gasteiger partial charge in [-0.25, -0.2) is 0 Å². The molecule has 0 aliphatic carbocycles. The molecule has 0 spiro atoms. The van der Waals surface area contributed by atoms with Gasteiger partial charge in [-0.15, -0.1) is 0 Å². The van der Waals surface area contributed by atoms with Crippen molar-refractivity contribution in [1.29, 1.82) is 0 Å². The standard InChI is InChI=1S/C19H21N3O4/c1-22(2)16(17-5-4-10-25-17)12-20-19(23)15-11-18(26-21-15)13-6-8-14(24-3)9-7-13/h4-11,16H,12H2,1-3H3,(H,20,23)/t16-/m1/s1. The molecule has 0 unspecified atom stereocenters. The van der Waals surface area contributed by atoms with Crippen molar-refractivity contribution < 1.29 is 18.5 Å². The molecule has 2 heterocycles. The van der Waals surface area contributed by atoms with Crippen LogP contribution in [0.1, 0.15) is 22.3 Å². The Morgan fingerprint density at radius 1 is 1.27 bits per heavy atom. The Bertz CT molecular complexity index is 838. The number of carbonyl (C=O) groups excluding carboxylic acids is 1. The number of aromatic nitrogens is 1. The van der Waals surface area contributed by atoms with E-state index in [4.69, 9.17) is 13.7 Å². The molecule has 1 aromatic carbocycles. The Balaban J connectivity index is 1.66. The van der Waals surface area contributed by atoms with E-state index in [1.54, 1.807) is 19.4 Å². The minimum Gasteiger partial charge on any atom is -0.497 e. The number of carbonyl (C=O) groups is 1. The maximum atomic E-state index is 12.4. The van der Waals surface area contributed by atoms with E-state index in [1.165, 1.54) is 0 Å². The Morgan fingerprint density at radius 3 is 2.65 bits per heavy atom. The topological polar surface area (TPSA) is 80.7 Å². The quantitative estimate of drug-likeness (QED) is 0.702. The summed E-state index contributed by atoms with van der Waals surface area (Å²) in [6.45, 7) is 0.393. The van der Waals surface area contributed by atoms with Crippen LogP contribution >= 0.6 is 0 Å². The van der Waals surface area contributed by atoms with Crippen molar-refractivity contribution in [3.05, 3.63) is 60.2 Å². The average Bonchev–Trinajstić information content (AvgIpc) is 3.34. The summed E-state index contributed by atoms with van der Waals surface area (Å²) in [5, 5.41) is 6.73. The summed E-state index contributed by atoms with van der Waals surface area (Å²) in [5.74, 6) is 1.76. The Kier molecular flexibility index (Phi) is 5.38. The normalized spacial score (nSPS) is 12.2. The number of hydrogen-bond donors (Lipinski definition) is 1. The van der Waals surface area contributed by atoms with E-state index in [2.05, 4.69) is 10.5 Å². The third-order valence-corrected chi connectivity index (χ3v) is 4.07. The number of methoxy groups -OCH3 is 1. The van der Waals surface area contributed by atoms with E-state index in [0.29, 0.717) is 12.3 Å². The third-order valence-electron chi connectivity index (χ3n) is 4.07. The Labute approximate surface area is 151 Å². The number of benzene rings is 1. The van der Waals surface area contributed by atoms with Gasteiger partial charge in [-0.1, -0.05) is 5.16 Å². The molecule has 7 heteroatoms. The average molecular weight is 355 g/mol. The van der Waals surface area contributed by atoms with Crippen LogP contribution in [0.2, 0.25) is 0 Å². The van der Waals surface area contributed by atoms with Gasteiger partial charge < -0.3 is 19.0 Å². The molecule has 1 amide bonds. The first-order valence-corrected chi connectivity index (χ1v) is 8.17. The van der Waals surface area contributed by atoms with E-state index in [0.717, 1.165) is 17.1 Å². The van der Waals surface area contributed by atoms with Crippen LogP contribution in [0.3, 0.4) is 0 Å². The molecule has 0 radical (unpaired) electrons. The minimum absolute atomic E-state index is 0.0677. The maximum absolute atomic E-state index is 12.4. The highest BCUT2D eigenvalue weighted by atomic mass is 16.5. The second kappa shape index (κ2) is 7.88. The summed E-state index contributed by atoms with van der Waals surface area (Å²) in [6.07, 6.45) is 1.62. The number of amides is 1. The van der Waals surface area contributed by atoms with Gasteiger partial charge in [0.1, 0.15) is 11.5 Å². The predicted octanol–water partition coefficient (Wildman–Crippen LogP) is 2.98. The molecule has 0 fully saturated rings. The summed E-state index contributed by atoms with van der Waals surface area (Å²) in [4.78, 5) is 14.4. The van der Waals surface area contributed by atoms with Crippen molar-refractivity contribution >= 4 is 5.91 Å². The molecule has 0 aliphatic rings. The molecular weight excluding hydrogens is 334 g/mol. The molecule has 3 rings (SSSR count). The van der Waals surface area contributed by atoms with Gasteiger partial charge in [0, 0.05) is 18.2 Å². The molecule has 0 aliphatic heterocycles. The predicted molar refractivity (Wildman–Crippen MR) is 96.0 cm³/mol. The number of likely N-dealkylation sites (N-methyl/N-ethyl adjacent to an activating group) is 1. The lowest BCUT2D eigenvalue weighted by atomic mass is 10.1. The summed E-state index contributed by atoms with van der Waals surface area (Å²) in [5.41, 5.74) is 1.05. The second-order valence-corrected chi connectivity index (χ2v) is 6.01. The van der Waals surface area contributed by atoms with E-state index in [9.17, 15) is 4.79 Å². The summed E-state index contributed by atoms with van der Waals surface area (Å²) >= 11 is 0. The highest BCUT2D eigenvalue weighted by molar-refractivity contribution is 5.93. The lowest BCUT2D eigenvalue weighted by Gasteiger charge is -2.22. The molecule has 3 aromatic rings. The molecule has 1 atom stereocenters. The van der Waals surface area contributed by atoms with E-state index in [-0.39, 0.29) is 17.6 Å². The van der Waals surface area contributed by atoms with Crippen LogP contribution in [0.5, 0.6) is 5.75 Å². The number of nitrogens with one attached hydrogen (secondary N) is 1. The second-order valence-electron chi connectivity index (χ2n) is 6.01. The van der Waals surface area contributed by atoms with Crippen LogP contribution in [0.4, 0.5) is 0 Å². The highest BCUT2D eigenvalue weighted by Crippen LogP contribution is 2.23. The number of rotatable bonds is 7. The van der Waals surface area contributed by atoms with Crippen LogP contribution < -0.4 is 10.1 Å². The van der Waals surface area contributed by atoms with Crippen molar-refractivity contribution in [2.24, 2.45) is 0 Å². The van der Waals surface area contributed by atoms with Gasteiger partial charge in [-0.2, -0.15) is 0 Å². The Hall–Kier alpha value is -3.06. The highest BCUT2D eigenvalue weighted by Gasteiger charge is 2.20. The van der Waals surface area contributed by atoms with Crippen molar-refractivity contribution in [3.63, 3.8) is 0 Å².